The summed E-state index contributed by atoms with van der Waals surface area (Å²) < 4.78 is 28.3. The number of sulfonamides is 1. The van der Waals surface area contributed by atoms with Crippen molar-refractivity contribution in [2.24, 2.45) is 0 Å². The van der Waals surface area contributed by atoms with Crippen molar-refractivity contribution in [1.82, 2.24) is 5.32 Å². The second-order valence-corrected chi connectivity index (χ2v) is 10.6. The van der Waals surface area contributed by atoms with Crippen LogP contribution in [0.2, 0.25) is 0 Å². The van der Waals surface area contributed by atoms with Gasteiger partial charge in [-0.25, -0.2) is 8.42 Å². The minimum absolute atomic E-state index is 0.158. The normalized spacial score (nSPS) is 13.9. The minimum atomic E-state index is -3.92. The van der Waals surface area contributed by atoms with Crippen LogP contribution in [0.3, 0.4) is 0 Å². The van der Waals surface area contributed by atoms with Crippen molar-refractivity contribution in [3.05, 3.63) is 94.5 Å². The van der Waals surface area contributed by atoms with Crippen molar-refractivity contribution >= 4 is 21.6 Å². The monoisotopic (exact) mass is 462 g/mol. The predicted octanol–water partition coefficient (Wildman–Crippen LogP) is 4.86. The summed E-state index contributed by atoms with van der Waals surface area (Å²) in [5, 5.41) is 3.00. The van der Waals surface area contributed by atoms with Gasteiger partial charge in [0.15, 0.2) is 0 Å². The zero-order valence-corrected chi connectivity index (χ0v) is 20.2. The molecule has 33 heavy (non-hydrogen) atoms. The molecule has 0 heterocycles. The van der Waals surface area contributed by atoms with E-state index in [1.807, 2.05) is 39.0 Å². The van der Waals surface area contributed by atoms with Crippen LogP contribution in [0, 0.1) is 13.8 Å². The van der Waals surface area contributed by atoms with E-state index in [1.165, 1.54) is 21.9 Å². The van der Waals surface area contributed by atoms with Crippen molar-refractivity contribution in [1.29, 1.82) is 0 Å². The number of carbonyl (C=O) groups is 1. The Hall–Kier alpha value is -3.12. The van der Waals surface area contributed by atoms with Crippen molar-refractivity contribution in [3.63, 3.8) is 0 Å². The molecule has 0 saturated heterocycles. The molecule has 1 aliphatic rings. The molecule has 1 N–H and O–H groups in total. The Labute approximate surface area is 196 Å². The number of anilines is 1. The fraction of sp³-hybridized carbons (Fsp3) is 0.296. The first-order valence-electron chi connectivity index (χ1n) is 11.3. The van der Waals surface area contributed by atoms with Crippen LogP contribution in [0.5, 0.6) is 0 Å². The first kappa shape index (κ1) is 23.1. The van der Waals surface area contributed by atoms with Gasteiger partial charge in [-0.3, -0.25) is 9.10 Å². The third-order valence-electron chi connectivity index (χ3n) is 6.25. The Balaban J connectivity index is 1.61. The van der Waals surface area contributed by atoms with Crippen molar-refractivity contribution < 1.29 is 13.2 Å². The van der Waals surface area contributed by atoms with E-state index in [-0.39, 0.29) is 23.4 Å². The average Bonchev–Trinajstić information content (AvgIpc) is 3.27. The summed E-state index contributed by atoms with van der Waals surface area (Å²) >= 11 is 0. The molecular formula is C27H30N2O3S. The fourth-order valence-corrected chi connectivity index (χ4v) is 5.87. The van der Waals surface area contributed by atoms with Gasteiger partial charge >= 0.3 is 0 Å². The highest BCUT2D eigenvalue weighted by Gasteiger charge is 2.29. The Morgan fingerprint density at radius 2 is 1.70 bits per heavy atom. The lowest BCUT2D eigenvalue weighted by atomic mass is 10.0. The molecule has 0 spiro atoms. The van der Waals surface area contributed by atoms with E-state index < -0.39 is 10.0 Å². The van der Waals surface area contributed by atoms with Gasteiger partial charge in [0, 0.05) is 0 Å². The van der Waals surface area contributed by atoms with Crippen LogP contribution >= 0.6 is 0 Å². The van der Waals surface area contributed by atoms with Crippen LogP contribution in [0.25, 0.3) is 0 Å². The van der Waals surface area contributed by atoms with E-state index in [9.17, 15) is 13.2 Å². The molecule has 172 valence electrons. The summed E-state index contributed by atoms with van der Waals surface area (Å²) in [5.74, 6) is -0.344. The van der Waals surface area contributed by atoms with E-state index in [1.54, 1.807) is 30.3 Å². The Morgan fingerprint density at radius 1 is 0.970 bits per heavy atom. The SMILES string of the molecule is Cc1ccc(C)c(N(CC(=O)N[C@H](C)c2ccc3c(c2)CCC3)S(=O)(=O)c2ccccc2)c1. The number of hydrogen-bond donors (Lipinski definition) is 1. The molecule has 1 amide bonds. The zero-order chi connectivity index (χ0) is 23.6. The van der Waals surface area contributed by atoms with Crippen molar-refractivity contribution in [2.45, 2.75) is 51.0 Å². The zero-order valence-electron chi connectivity index (χ0n) is 19.3. The van der Waals surface area contributed by atoms with Crippen LogP contribution in [0.15, 0.2) is 71.6 Å². The van der Waals surface area contributed by atoms with Crippen molar-refractivity contribution in [2.75, 3.05) is 10.8 Å². The molecule has 1 aliphatic carbocycles. The van der Waals surface area contributed by atoms with Gasteiger partial charge in [0.2, 0.25) is 5.91 Å². The number of fused-ring (bicyclic) bond motifs is 1. The summed E-state index contributed by atoms with van der Waals surface area (Å²) in [6.45, 7) is 5.40. The fourth-order valence-electron chi connectivity index (χ4n) is 4.37. The summed E-state index contributed by atoms with van der Waals surface area (Å²) in [5.41, 5.74) is 5.99. The number of rotatable bonds is 7. The van der Waals surface area contributed by atoms with Gasteiger partial charge < -0.3 is 5.32 Å². The van der Waals surface area contributed by atoms with Gasteiger partial charge in [-0.05, 0) is 86.1 Å². The molecule has 3 aromatic carbocycles. The van der Waals surface area contributed by atoms with Gasteiger partial charge in [0.05, 0.1) is 16.6 Å². The van der Waals surface area contributed by atoms with E-state index in [0.717, 1.165) is 29.5 Å². The summed E-state index contributed by atoms with van der Waals surface area (Å²) in [4.78, 5) is 13.3. The number of amides is 1. The quantitative estimate of drug-likeness (QED) is 0.545. The largest absolute Gasteiger partial charge is 0.348 e. The second-order valence-electron chi connectivity index (χ2n) is 8.79. The Kier molecular flexibility index (Phi) is 6.56. The molecule has 0 bridgehead atoms. The van der Waals surface area contributed by atoms with Gasteiger partial charge in [0.1, 0.15) is 6.54 Å². The number of nitrogens with one attached hydrogen (secondary N) is 1. The van der Waals surface area contributed by atoms with Gasteiger partial charge in [-0.15, -0.1) is 0 Å². The second kappa shape index (κ2) is 9.40. The van der Waals surface area contributed by atoms with Crippen LogP contribution in [-0.2, 0) is 27.7 Å². The number of hydrogen-bond acceptors (Lipinski definition) is 3. The molecule has 0 aromatic heterocycles. The summed E-state index contributed by atoms with van der Waals surface area (Å²) in [7, 11) is -3.92. The Bertz CT molecular complexity index is 1270. The van der Waals surface area contributed by atoms with Crippen molar-refractivity contribution in [3.8, 4) is 0 Å². The van der Waals surface area contributed by atoms with Gasteiger partial charge in [-0.2, -0.15) is 0 Å². The maximum atomic E-state index is 13.6. The molecule has 0 unspecified atom stereocenters. The molecular weight excluding hydrogens is 432 g/mol. The van der Waals surface area contributed by atoms with E-state index in [2.05, 4.69) is 23.5 Å². The number of carbonyl (C=O) groups excluding carboxylic acids is 1. The van der Waals surface area contributed by atoms with Crippen LogP contribution in [-0.4, -0.2) is 20.9 Å². The maximum Gasteiger partial charge on any atom is 0.264 e. The minimum Gasteiger partial charge on any atom is -0.348 e. The third-order valence-corrected chi connectivity index (χ3v) is 8.03. The Morgan fingerprint density at radius 3 is 2.45 bits per heavy atom. The lowest BCUT2D eigenvalue weighted by molar-refractivity contribution is -0.120. The smallest absolute Gasteiger partial charge is 0.264 e. The molecule has 5 nitrogen and oxygen atoms in total. The highest BCUT2D eigenvalue weighted by Crippen LogP contribution is 2.28. The van der Waals surface area contributed by atoms with Gasteiger partial charge in [0.25, 0.3) is 10.0 Å². The number of aryl methyl sites for hydroxylation is 4. The molecule has 0 saturated carbocycles. The summed E-state index contributed by atoms with van der Waals surface area (Å²) in [6, 6.07) is 20.0. The molecule has 1 atom stereocenters. The van der Waals surface area contributed by atoms with E-state index in [4.69, 9.17) is 0 Å². The lowest BCUT2D eigenvalue weighted by Crippen LogP contribution is -2.42. The van der Waals surface area contributed by atoms with Crippen LogP contribution in [0.4, 0.5) is 5.69 Å². The molecule has 0 aliphatic heterocycles. The maximum absolute atomic E-state index is 13.6. The topological polar surface area (TPSA) is 66.5 Å². The first-order chi connectivity index (χ1) is 15.8. The van der Waals surface area contributed by atoms with Gasteiger partial charge in [-0.1, -0.05) is 48.5 Å². The molecule has 6 heteroatoms. The molecule has 0 fully saturated rings. The standard InChI is InChI=1S/C27H30N2O3S/c1-19-12-13-20(2)26(16-19)29(33(31,32)25-10-5-4-6-11-25)18-27(30)28-21(3)23-15-14-22-8-7-9-24(22)17-23/h4-6,10-17,21H,7-9,18H2,1-3H3,(H,28,30)/t21-/m1/s1. The van der Waals surface area contributed by atoms with Crippen LogP contribution < -0.4 is 9.62 Å². The van der Waals surface area contributed by atoms with E-state index >= 15 is 0 Å². The lowest BCUT2D eigenvalue weighted by Gasteiger charge is -2.27. The van der Waals surface area contributed by atoms with Crippen LogP contribution in [0.1, 0.15) is 47.2 Å². The number of benzene rings is 3. The highest BCUT2D eigenvalue weighted by atomic mass is 32.2. The summed E-state index contributed by atoms with van der Waals surface area (Å²) in [6.07, 6.45) is 3.35. The third kappa shape index (κ3) is 4.96. The average molecular weight is 463 g/mol. The first-order valence-corrected chi connectivity index (χ1v) is 12.8. The number of nitrogens with zero attached hydrogens (tertiary/aromatic N) is 1. The van der Waals surface area contributed by atoms with E-state index in [0.29, 0.717) is 5.69 Å². The predicted molar refractivity (Wildman–Crippen MR) is 132 cm³/mol. The molecule has 3 aromatic rings. The molecule has 4 rings (SSSR count). The highest BCUT2D eigenvalue weighted by molar-refractivity contribution is 7.92. The molecule has 0 radical (unpaired) electrons.